The summed E-state index contributed by atoms with van der Waals surface area (Å²) in [6, 6.07) is 13.8. The van der Waals surface area contributed by atoms with Crippen molar-refractivity contribution >= 4 is 27.6 Å². The SMILES string of the molecule is CCCS(=O)(=O)Nc1ccc(C(=O)C(C#N)=Cc2ccc(C)cc2C)cc1. The van der Waals surface area contributed by atoms with E-state index in [1.54, 1.807) is 13.0 Å². The van der Waals surface area contributed by atoms with Gasteiger partial charge in [0.2, 0.25) is 15.8 Å². The Balaban J connectivity index is 2.25. The number of allylic oxidation sites excluding steroid dienone is 1. The van der Waals surface area contributed by atoms with Crippen LogP contribution in [0.15, 0.2) is 48.0 Å². The number of hydrogen-bond donors (Lipinski definition) is 1. The average molecular weight is 382 g/mol. The molecule has 6 heteroatoms. The van der Waals surface area contributed by atoms with Crippen LogP contribution in [0.2, 0.25) is 0 Å². The first kappa shape index (κ1) is 20.4. The number of anilines is 1. The Morgan fingerprint density at radius 2 is 1.81 bits per heavy atom. The maximum atomic E-state index is 12.6. The molecule has 0 aliphatic heterocycles. The van der Waals surface area contributed by atoms with Gasteiger partial charge >= 0.3 is 0 Å². The molecule has 2 aromatic rings. The van der Waals surface area contributed by atoms with Crippen molar-refractivity contribution < 1.29 is 13.2 Å². The second kappa shape index (κ2) is 8.65. The number of nitrogens with one attached hydrogen (secondary N) is 1. The third-order valence-corrected chi connectivity index (χ3v) is 5.48. The quantitative estimate of drug-likeness (QED) is 0.441. The lowest BCUT2D eigenvalue weighted by atomic mass is 9.99. The number of carbonyl (C=O) groups excluding carboxylic acids is 1. The summed E-state index contributed by atoms with van der Waals surface area (Å²) >= 11 is 0. The van der Waals surface area contributed by atoms with E-state index in [4.69, 9.17) is 0 Å². The van der Waals surface area contributed by atoms with E-state index >= 15 is 0 Å². The number of nitrogens with zero attached hydrogens (tertiary/aromatic N) is 1. The molecule has 1 N–H and O–H groups in total. The molecule has 27 heavy (non-hydrogen) atoms. The maximum absolute atomic E-state index is 12.6. The first-order valence-electron chi connectivity index (χ1n) is 8.60. The highest BCUT2D eigenvalue weighted by atomic mass is 32.2. The van der Waals surface area contributed by atoms with Gasteiger partial charge in [-0.15, -0.1) is 0 Å². The predicted octanol–water partition coefficient (Wildman–Crippen LogP) is 4.25. The number of sulfonamides is 1. The molecular weight excluding hydrogens is 360 g/mol. The number of ketones is 1. The van der Waals surface area contributed by atoms with Crippen LogP contribution in [0.25, 0.3) is 6.08 Å². The molecule has 0 heterocycles. The smallest absolute Gasteiger partial charge is 0.232 e. The van der Waals surface area contributed by atoms with Crippen LogP contribution >= 0.6 is 0 Å². The minimum Gasteiger partial charge on any atom is -0.288 e. The molecule has 0 aliphatic rings. The van der Waals surface area contributed by atoms with Crippen LogP contribution in [-0.4, -0.2) is 20.0 Å². The number of Topliss-reactive ketones (excluding diaryl/α,β-unsaturated/α-hetero) is 1. The van der Waals surface area contributed by atoms with E-state index in [1.807, 2.05) is 38.1 Å². The van der Waals surface area contributed by atoms with Crippen molar-refractivity contribution in [2.45, 2.75) is 27.2 Å². The van der Waals surface area contributed by atoms with Crippen molar-refractivity contribution in [1.82, 2.24) is 0 Å². The molecule has 0 aliphatic carbocycles. The van der Waals surface area contributed by atoms with Crippen molar-refractivity contribution in [2.75, 3.05) is 10.5 Å². The topological polar surface area (TPSA) is 87.0 Å². The molecule has 0 atom stereocenters. The van der Waals surface area contributed by atoms with Crippen molar-refractivity contribution in [3.8, 4) is 6.07 Å². The van der Waals surface area contributed by atoms with E-state index in [9.17, 15) is 18.5 Å². The first-order valence-corrected chi connectivity index (χ1v) is 10.2. The number of carbonyl (C=O) groups is 1. The maximum Gasteiger partial charge on any atom is 0.232 e. The van der Waals surface area contributed by atoms with Gasteiger partial charge in [0.1, 0.15) is 11.6 Å². The number of hydrogen-bond acceptors (Lipinski definition) is 4. The lowest BCUT2D eigenvalue weighted by Gasteiger charge is -2.08. The van der Waals surface area contributed by atoms with Crippen LogP contribution in [0.5, 0.6) is 0 Å². The van der Waals surface area contributed by atoms with Crippen molar-refractivity contribution in [2.24, 2.45) is 0 Å². The summed E-state index contributed by atoms with van der Waals surface area (Å²) in [5.74, 6) is -0.370. The molecule has 2 rings (SSSR count). The molecule has 140 valence electrons. The van der Waals surface area contributed by atoms with E-state index < -0.39 is 15.8 Å². The molecule has 2 aromatic carbocycles. The van der Waals surface area contributed by atoms with E-state index in [2.05, 4.69) is 4.72 Å². The number of rotatable bonds is 7. The highest BCUT2D eigenvalue weighted by Gasteiger charge is 2.14. The van der Waals surface area contributed by atoms with Crippen molar-refractivity contribution in [1.29, 1.82) is 5.26 Å². The lowest BCUT2D eigenvalue weighted by molar-refractivity contribution is 0.104. The molecule has 0 unspecified atom stereocenters. The van der Waals surface area contributed by atoms with Gasteiger partial charge in [-0.2, -0.15) is 5.26 Å². The average Bonchev–Trinajstić information content (AvgIpc) is 2.61. The fraction of sp³-hybridized carbons (Fsp3) is 0.238. The first-order chi connectivity index (χ1) is 12.8. The molecule has 0 aromatic heterocycles. The summed E-state index contributed by atoms with van der Waals surface area (Å²) in [6.07, 6.45) is 2.09. The molecule has 0 fully saturated rings. The molecule has 0 saturated heterocycles. The van der Waals surface area contributed by atoms with E-state index in [0.717, 1.165) is 16.7 Å². The normalized spacial score (nSPS) is 11.7. The minimum absolute atomic E-state index is 0.0290. The Hall–Kier alpha value is -2.91. The van der Waals surface area contributed by atoms with Gasteiger partial charge in [-0.25, -0.2) is 8.42 Å². The lowest BCUT2D eigenvalue weighted by Crippen LogP contribution is -2.16. The molecule has 0 radical (unpaired) electrons. The third kappa shape index (κ3) is 5.53. The van der Waals surface area contributed by atoms with Gasteiger partial charge in [0.05, 0.1) is 5.75 Å². The summed E-state index contributed by atoms with van der Waals surface area (Å²) in [5.41, 5.74) is 3.64. The Morgan fingerprint density at radius 3 is 2.37 bits per heavy atom. The second-order valence-electron chi connectivity index (χ2n) is 6.36. The third-order valence-electron chi connectivity index (χ3n) is 3.98. The summed E-state index contributed by atoms with van der Waals surface area (Å²) in [5, 5.41) is 9.40. The van der Waals surface area contributed by atoms with Crippen LogP contribution in [0.4, 0.5) is 5.69 Å². The van der Waals surface area contributed by atoms with Crippen LogP contribution in [0, 0.1) is 25.2 Å². The fourth-order valence-electron chi connectivity index (χ4n) is 2.64. The number of benzene rings is 2. The van der Waals surface area contributed by atoms with Crippen molar-refractivity contribution in [3.05, 3.63) is 70.3 Å². The van der Waals surface area contributed by atoms with Crippen molar-refractivity contribution in [3.63, 3.8) is 0 Å². The van der Waals surface area contributed by atoms with Gasteiger partial charge in [0.25, 0.3) is 0 Å². The largest absolute Gasteiger partial charge is 0.288 e. The Labute approximate surface area is 160 Å². The van der Waals surface area contributed by atoms with Gasteiger partial charge in [-0.05, 0) is 61.7 Å². The van der Waals surface area contributed by atoms with Gasteiger partial charge < -0.3 is 0 Å². The monoisotopic (exact) mass is 382 g/mol. The zero-order valence-electron chi connectivity index (χ0n) is 15.6. The molecule has 0 amide bonds. The summed E-state index contributed by atoms with van der Waals surface area (Å²) in [7, 11) is -3.39. The molecular formula is C21H22N2O3S. The zero-order valence-corrected chi connectivity index (χ0v) is 16.4. The standard InChI is InChI=1S/C21H22N2O3S/c1-4-11-27(25,26)23-20-9-7-17(8-10-20)21(24)19(14-22)13-18-6-5-15(2)12-16(18)3/h5-10,12-13,23H,4,11H2,1-3H3. The summed E-state index contributed by atoms with van der Waals surface area (Å²) in [6.45, 7) is 5.69. The zero-order chi connectivity index (χ0) is 20.0. The van der Waals surface area contributed by atoms with E-state index in [-0.39, 0.29) is 11.3 Å². The molecule has 0 saturated carbocycles. The second-order valence-corrected chi connectivity index (χ2v) is 8.20. The highest BCUT2D eigenvalue weighted by molar-refractivity contribution is 7.92. The summed E-state index contributed by atoms with van der Waals surface area (Å²) in [4.78, 5) is 12.6. The van der Waals surface area contributed by atoms with Gasteiger partial charge in [-0.3, -0.25) is 9.52 Å². The molecule has 0 bridgehead atoms. The minimum atomic E-state index is -3.39. The predicted molar refractivity (Wildman–Crippen MR) is 108 cm³/mol. The van der Waals surface area contributed by atoms with Crippen LogP contribution < -0.4 is 4.72 Å². The van der Waals surface area contributed by atoms with E-state index in [1.165, 1.54) is 24.3 Å². The summed E-state index contributed by atoms with van der Waals surface area (Å²) < 4.78 is 26.1. The van der Waals surface area contributed by atoms with E-state index in [0.29, 0.717) is 17.7 Å². The molecule has 5 nitrogen and oxygen atoms in total. The van der Waals surface area contributed by atoms with Crippen LogP contribution in [0.3, 0.4) is 0 Å². The highest BCUT2D eigenvalue weighted by Crippen LogP contribution is 2.18. The fourth-order valence-corrected chi connectivity index (χ4v) is 3.77. The van der Waals surface area contributed by atoms with Gasteiger partial charge in [-0.1, -0.05) is 30.7 Å². The Bertz CT molecular complexity index is 1010. The Morgan fingerprint density at radius 1 is 1.15 bits per heavy atom. The number of aryl methyl sites for hydroxylation is 2. The van der Waals surface area contributed by atoms with Gasteiger partial charge in [0, 0.05) is 11.3 Å². The van der Waals surface area contributed by atoms with Gasteiger partial charge in [0.15, 0.2) is 0 Å². The van der Waals surface area contributed by atoms with Crippen LogP contribution in [0.1, 0.15) is 40.4 Å². The Kier molecular flexibility index (Phi) is 6.54. The molecule has 0 spiro atoms. The number of nitriles is 1. The van der Waals surface area contributed by atoms with Crippen LogP contribution in [-0.2, 0) is 10.0 Å².